The van der Waals surface area contributed by atoms with Crippen molar-refractivity contribution in [1.29, 1.82) is 0 Å². The van der Waals surface area contributed by atoms with E-state index in [-0.39, 0.29) is 0 Å². The van der Waals surface area contributed by atoms with Crippen molar-refractivity contribution in [2.24, 2.45) is 22.2 Å². The molecule has 0 unspecified atom stereocenters. The molecule has 0 spiro atoms. The van der Waals surface area contributed by atoms with Gasteiger partial charge in [-0.1, -0.05) is 62.3 Å². The lowest BCUT2D eigenvalue weighted by Crippen LogP contribution is -2.49. The van der Waals surface area contributed by atoms with Gasteiger partial charge in [0.2, 0.25) is 0 Å². The molecule has 0 aromatic rings. The molecule has 0 radical (unpaired) electrons. The lowest BCUT2D eigenvalue weighted by molar-refractivity contribution is -0.0776. The second-order valence-electron chi connectivity index (χ2n) is 6.92. The normalized spacial score (nSPS) is 14.8. The highest BCUT2D eigenvalue weighted by molar-refractivity contribution is 4.99. The summed E-state index contributed by atoms with van der Waals surface area (Å²) in [5, 5.41) is 0. The van der Waals surface area contributed by atoms with Gasteiger partial charge in [-0.3, -0.25) is 0 Å². The van der Waals surface area contributed by atoms with E-state index >= 15 is 0 Å². The number of hydrogen-bond donors (Lipinski definition) is 0. The predicted molar refractivity (Wildman–Crippen MR) is 71.1 cm³/mol. The van der Waals surface area contributed by atoms with E-state index < -0.39 is 0 Å². The van der Waals surface area contributed by atoms with Crippen molar-refractivity contribution < 1.29 is 0 Å². The van der Waals surface area contributed by atoms with Crippen molar-refractivity contribution >= 4 is 0 Å². The molecule has 0 N–H and O–H groups in total. The van der Waals surface area contributed by atoms with Gasteiger partial charge in [-0.05, 0) is 35.0 Å². The van der Waals surface area contributed by atoms with Gasteiger partial charge in [0.05, 0.1) is 0 Å². The largest absolute Gasteiger partial charge is 0.0648 e. The van der Waals surface area contributed by atoms with Crippen molar-refractivity contribution in [3.05, 3.63) is 0 Å². The first kappa shape index (κ1) is 15.0. The van der Waals surface area contributed by atoms with E-state index in [2.05, 4.69) is 62.3 Å². The second kappa shape index (κ2) is 4.47. The van der Waals surface area contributed by atoms with Crippen LogP contribution in [0, 0.1) is 22.2 Å². The Labute approximate surface area is 97.8 Å². The summed E-state index contributed by atoms with van der Waals surface area (Å²) >= 11 is 0. The third-order valence-corrected chi connectivity index (χ3v) is 5.32. The second-order valence-corrected chi connectivity index (χ2v) is 6.92. The van der Waals surface area contributed by atoms with Gasteiger partial charge in [0.25, 0.3) is 0 Å². The smallest absolute Gasteiger partial charge is 0.0200 e. The first-order valence-electron chi connectivity index (χ1n) is 6.56. The van der Waals surface area contributed by atoms with Crippen LogP contribution in [-0.2, 0) is 0 Å². The molecule has 0 fully saturated rings. The Morgan fingerprint density at radius 2 is 1.13 bits per heavy atom. The molecule has 0 aliphatic heterocycles. The van der Waals surface area contributed by atoms with Crippen molar-refractivity contribution in [3.8, 4) is 0 Å². The summed E-state index contributed by atoms with van der Waals surface area (Å²) in [5.41, 5.74) is 1.22. The molecular formula is C15H32. The Kier molecular flexibility index (Phi) is 4.47. The average molecular weight is 212 g/mol. The van der Waals surface area contributed by atoms with Crippen molar-refractivity contribution in [1.82, 2.24) is 0 Å². The zero-order valence-corrected chi connectivity index (χ0v) is 12.5. The molecule has 0 aromatic carbocycles. The Morgan fingerprint density at radius 1 is 0.800 bits per heavy atom. The number of rotatable bonds is 4. The maximum absolute atomic E-state index is 2.45. The van der Waals surface area contributed by atoms with Gasteiger partial charge < -0.3 is 0 Å². The van der Waals surface area contributed by atoms with Crippen LogP contribution in [0.2, 0.25) is 0 Å². The van der Waals surface area contributed by atoms with Gasteiger partial charge in [-0.25, -0.2) is 0 Å². The summed E-state index contributed by atoms with van der Waals surface area (Å²) in [5.74, 6) is 0.733. The van der Waals surface area contributed by atoms with Crippen molar-refractivity contribution in [3.63, 3.8) is 0 Å². The Morgan fingerprint density at radius 3 is 1.20 bits per heavy atom. The van der Waals surface area contributed by atoms with Crippen LogP contribution in [0.5, 0.6) is 0 Å². The summed E-state index contributed by atoms with van der Waals surface area (Å²) < 4.78 is 0. The first-order chi connectivity index (χ1) is 6.56. The van der Waals surface area contributed by atoms with Crippen LogP contribution < -0.4 is 0 Å². The molecule has 0 heteroatoms. The predicted octanol–water partition coefficient (Wildman–Crippen LogP) is 5.52. The summed E-state index contributed by atoms with van der Waals surface area (Å²) in [6.07, 6.45) is 2.55. The van der Waals surface area contributed by atoms with Gasteiger partial charge in [0.1, 0.15) is 0 Å². The molecule has 0 aromatic heterocycles. The quantitative estimate of drug-likeness (QED) is 0.575. The van der Waals surface area contributed by atoms with E-state index in [1.165, 1.54) is 12.8 Å². The van der Waals surface area contributed by atoms with Crippen molar-refractivity contribution in [2.45, 2.75) is 75.2 Å². The molecule has 0 amide bonds. The van der Waals surface area contributed by atoms with Crippen molar-refractivity contribution in [2.75, 3.05) is 0 Å². The van der Waals surface area contributed by atoms with Crippen LogP contribution in [0.4, 0.5) is 0 Å². The Bertz CT molecular complexity index is 187. The van der Waals surface area contributed by atoms with E-state index in [0.29, 0.717) is 16.2 Å². The minimum Gasteiger partial charge on any atom is -0.0648 e. The highest BCUT2D eigenvalue weighted by Gasteiger charge is 2.50. The fraction of sp³-hybridized carbons (Fsp3) is 1.00. The highest BCUT2D eigenvalue weighted by Crippen LogP contribution is 2.58. The lowest BCUT2D eigenvalue weighted by Gasteiger charge is -2.57. The molecule has 0 saturated heterocycles. The molecule has 0 saturated carbocycles. The first-order valence-corrected chi connectivity index (χ1v) is 6.56. The molecule has 0 nitrogen and oxygen atoms in total. The van der Waals surface area contributed by atoms with Gasteiger partial charge in [0, 0.05) is 0 Å². The van der Waals surface area contributed by atoms with Crippen LogP contribution in [0.25, 0.3) is 0 Å². The topological polar surface area (TPSA) is 0 Å². The molecule has 0 atom stereocenters. The standard InChI is InChI=1S/C15H32/c1-10-15(11-2,13(5,6)7)14(8,9)12(3)4/h12H,10-11H2,1-9H3. The van der Waals surface area contributed by atoms with Crippen LogP contribution in [-0.4, -0.2) is 0 Å². The molecule has 0 heterocycles. The molecule has 0 aliphatic carbocycles. The minimum atomic E-state index is 0.379. The number of hydrogen-bond acceptors (Lipinski definition) is 0. The van der Waals surface area contributed by atoms with E-state index in [1.807, 2.05) is 0 Å². The van der Waals surface area contributed by atoms with Gasteiger partial charge in [-0.15, -0.1) is 0 Å². The summed E-state index contributed by atoms with van der Waals surface area (Å²) in [7, 11) is 0. The van der Waals surface area contributed by atoms with Gasteiger partial charge >= 0.3 is 0 Å². The zero-order valence-electron chi connectivity index (χ0n) is 12.5. The lowest BCUT2D eigenvalue weighted by atomic mass is 9.48. The van der Waals surface area contributed by atoms with E-state index in [4.69, 9.17) is 0 Å². The molecule has 0 aliphatic rings. The minimum absolute atomic E-state index is 0.379. The monoisotopic (exact) mass is 212 g/mol. The van der Waals surface area contributed by atoms with Crippen LogP contribution in [0.15, 0.2) is 0 Å². The Balaban J connectivity index is 5.48. The molecule has 92 valence electrons. The molecular weight excluding hydrogens is 180 g/mol. The zero-order chi connectivity index (χ0) is 12.5. The van der Waals surface area contributed by atoms with Gasteiger partial charge in [0.15, 0.2) is 0 Å². The summed E-state index contributed by atoms with van der Waals surface area (Å²) in [6, 6.07) is 0. The highest BCUT2D eigenvalue weighted by atomic mass is 14.6. The van der Waals surface area contributed by atoms with E-state index in [0.717, 1.165) is 5.92 Å². The SMILES string of the molecule is CCC(CC)(C(C)(C)C)C(C)(C)C(C)C. The fourth-order valence-corrected chi connectivity index (χ4v) is 3.74. The summed E-state index contributed by atoms with van der Waals surface area (Å²) in [4.78, 5) is 0. The fourth-order valence-electron chi connectivity index (χ4n) is 3.74. The molecule has 0 bridgehead atoms. The maximum Gasteiger partial charge on any atom is -0.0200 e. The average Bonchev–Trinajstić information content (AvgIpc) is 2.03. The van der Waals surface area contributed by atoms with E-state index in [1.54, 1.807) is 0 Å². The van der Waals surface area contributed by atoms with Crippen LogP contribution in [0.1, 0.15) is 75.2 Å². The summed E-state index contributed by atoms with van der Waals surface area (Å²) in [6.45, 7) is 21.6. The van der Waals surface area contributed by atoms with E-state index in [9.17, 15) is 0 Å². The Hall–Kier alpha value is 0. The van der Waals surface area contributed by atoms with Gasteiger partial charge in [-0.2, -0.15) is 0 Å². The van der Waals surface area contributed by atoms with Crippen LogP contribution in [0.3, 0.4) is 0 Å². The van der Waals surface area contributed by atoms with Crippen LogP contribution >= 0.6 is 0 Å². The molecule has 15 heavy (non-hydrogen) atoms. The molecule has 0 rings (SSSR count). The third kappa shape index (κ3) is 2.24. The maximum atomic E-state index is 2.45. The third-order valence-electron chi connectivity index (χ3n) is 5.32.